The van der Waals surface area contributed by atoms with E-state index in [9.17, 15) is 13.2 Å². The van der Waals surface area contributed by atoms with E-state index in [-0.39, 0.29) is 12.1 Å². The van der Waals surface area contributed by atoms with Gasteiger partial charge >= 0.3 is 6.18 Å². The maximum absolute atomic E-state index is 13.0. The first-order valence-corrected chi connectivity index (χ1v) is 6.18. The molecule has 1 fully saturated rings. The quantitative estimate of drug-likeness (QED) is 0.773. The Morgan fingerprint density at radius 3 is 2.72 bits per heavy atom. The summed E-state index contributed by atoms with van der Waals surface area (Å²) in [5.41, 5.74) is 6.54. The highest BCUT2D eigenvalue weighted by atomic mass is 19.4. The third kappa shape index (κ3) is 1.77. The minimum atomic E-state index is -4.29. The second-order valence-corrected chi connectivity index (χ2v) is 5.16. The zero-order chi connectivity index (χ0) is 12.9. The van der Waals surface area contributed by atoms with Crippen molar-refractivity contribution < 1.29 is 13.2 Å². The first-order valence-electron chi connectivity index (χ1n) is 6.18. The molecule has 2 unspecified atom stereocenters. The fourth-order valence-corrected chi connectivity index (χ4v) is 3.12. The number of para-hydroxylation sites is 1. The van der Waals surface area contributed by atoms with Gasteiger partial charge in [0.15, 0.2) is 0 Å². The van der Waals surface area contributed by atoms with Gasteiger partial charge in [0.25, 0.3) is 0 Å². The number of anilines is 1. The molecule has 0 amide bonds. The number of nitrogens with two attached hydrogens (primary N) is 1. The maximum atomic E-state index is 13.0. The highest BCUT2D eigenvalue weighted by Gasteiger charge is 2.42. The van der Waals surface area contributed by atoms with Gasteiger partial charge in [-0.1, -0.05) is 12.1 Å². The summed E-state index contributed by atoms with van der Waals surface area (Å²) in [4.78, 5) is 1.87. The van der Waals surface area contributed by atoms with Gasteiger partial charge in [0, 0.05) is 18.6 Å². The number of piperidine rings is 1. The molecule has 2 heterocycles. The van der Waals surface area contributed by atoms with Crippen LogP contribution >= 0.6 is 0 Å². The smallest absolute Gasteiger partial charge is 0.366 e. The molecule has 0 aromatic heterocycles. The molecule has 2 aliphatic heterocycles. The molecule has 0 radical (unpaired) electrons. The predicted molar refractivity (Wildman–Crippen MR) is 63.5 cm³/mol. The molecule has 98 valence electrons. The minimum absolute atomic E-state index is 0.0199. The number of hydrogen-bond acceptors (Lipinski definition) is 2. The Labute approximate surface area is 104 Å². The molecule has 2 N–H and O–H groups in total. The fraction of sp³-hybridized carbons (Fsp3) is 0.538. The normalized spacial score (nSPS) is 27.0. The van der Waals surface area contributed by atoms with Crippen LogP contribution < -0.4 is 10.6 Å². The molecule has 0 saturated carbocycles. The second kappa shape index (κ2) is 3.88. The first kappa shape index (κ1) is 11.8. The minimum Gasteiger partial charge on any atom is -0.366 e. The lowest BCUT2D eigenvalue weighted by Crippen LogP contribution is -2.47. The van der Waals surface area contributed by atoms with Crippen LogP contribution in [-0.4, -0.2) is 18.6 Å². The molecule has 2 aliphatic rings. The van der Waals surface area contributed by atoms with Crippen molar-refractivity contribution in [1.29, 1.82) is 0 Å². The van der Waals surface area contributed by atoms with Gasteiger partial charge in [0.1, 0.15) is 0 Å². The lowest BCUT2D eigenvalue weighted by Gasteiger charge is -2.36. The van der Waals surface area contributed by atoms with E-state index < -0.39 is 11.7 Å². The Kier molecular flexibility index (Phi) is 2.55. The fourth-order valence-electron chi connectivity index (χ4n) is 3.12. The van der Waals surface area contributed by atoms with Crippen molar-refractivity contribution in [3.63, 3.8) is 0 Å². The van der Waals surface area contributed by atoms with Crippen molar-refractivity contribution in [1.82, 2.24) is 0 Å². The topological polar surface area (TPSA) is 29.3 Å². The summed E-state index contributed by atoms with van der Waals surface area (Å²) < 4.78 is 39.1. The van der Waals surface area contributed by atoms with Gasteiger partial charge in [-0.3, -0.25) is 0 Å². The Balaban J connectivity index is 2.07. The molecule has 0 bridgehead atoms. The third-order valence-electron chi connectivity index (χ3n) is 3.91. The van der Waals surface area contributed by atoms with Crippen LogP contribution in [-0.2, 0) is 12.6 Å². The van der Waals surface area contributed by atoms with Crippen LogP contribution in [0.1, 0.15) is 24.0 Å². The van der Waals surface area contributed by atoms with E-state index in [0.29, 0.717) is 18.7 Å². The zero-order valence-corrected chi connectivity index (χ0v) is 9.87. The average molecular weight is 256 g/mol. The molecule has 0 aliphatic carbocycles. The largest absolute Gasteiger partial charge is 0.418 e. The van der Waals surface area contributed by atoms with Crippen LogP contribution in [0, 0.1) is 0 Å². The summed E-state index contributed by atoms with van der Waals surface area (Å²) in [6.07, 6.45) is -1.79. The van der Waals surface area contributed by atoms with Crippen LogP contribution in [0.3, 0.4) is 0 Å². The summed E-state index contributed by atoms with van der Waals surface area (Å²) in [7, 11) is 0. The van der Waals surface area contributed by atoms with Crippen LogP contribution in [0.2, 0.25) is 0 Å². The highest BCUT2D eigenvalue weighted by molar-refractivity contribution is 5.66. The first-order chi connectivity index (χ1) is 8.47. The average Bonchev–Trinajstić information content (AvgIpc) is 2.65. The van der Waals surface area contributed by atoms with Crippen LogP contribution in [0.4, 0.5) is 18.9 Å². The molecule has 0 spiro atoms. The highest BCUT2D eigenvalue weighted by Crippen LogP contribution is 2.45. The maximum Gasteiger partial charge on any atom is 0.418 e. The molecule has 3 rings (SSSR count). The Hall–Kier alpha value is -1.23. The molecular weight excluding hydrogens is 241 g/mol. The van der Waals surface area contributed by atoms with Gasteiger partial charge in [-0.2, -0.15) is 13.2 Å². The standard InChI is InChI=1S/C13H15F3N2/c14-13(15,16)11-3-1-2-8-6-10-5-4-9(17)7-18(10)12(8)11/h1-3,9-10H,4-7,17H2. The van der Waals surface area contributed by atoms with E-state index in [1.54, 1.807) is 6.07 Å². The van der Waals surface area contributed by atoms with E-state index >= 15 is 0 Å². The summed E-state index contributed by atoms with van der Waals surface area (Å²) in [6.45, 7) is 0.532. The van der Waals surface area contributed by atoms with Gasteiger partial charge in [0.05, 0.1) is 11.3 Å². The zero-order valence-electron chi connectivity index (χ0n) is 9.87. The van der Waals surface area contributed by atoms with Gasteiger partial charge in [-0.25, -0.2) is 0 Å². The monoisotopic (exact) mass is 256 g/mol. The van der Waals surface area contributed by atoms with Gasteiger partial charge in [-0.05, 0) is 30.9 Å². The molecular formula is C13H15F3N2. The number of halogens is 3. The molecule has 18 heavy (non-hydrogen) atoms. The Morgan fingerprint density at radius 1 is 1.22 bits per heavy atom. The van der Waals surface area contributed by atoms with Crippen molar-refractivity contribution in [2.45, 2.75) is 37.5 Å². The second-order valence-electron chi connectivity index (χ2n) is 5.16. The number of benzene rings is 1. The molecule has 1 saturated heterocycles. The summed E-state index contributed by atoms with van der Waals surface area (Å²) in [5.74, 6) is 0. The molecule has 2 nitrogen and oxygen atoms in total. The lowest BCUT2D eigenvalue weighted by atomic mass is 9.99. The van der Waals surface area contributed by atoms with E-state index in [4.69, 9.17) is 5.73 Å². The van der Waals surface area contributed by atoms with E-state index in [1.165, 1.54) is 12.1 Å². The number of fused-ring (bicyclic) bond motifs is 3. The number of hydrogen-bond donors (Lipinski definition) is 1. The van der Waals surface area contributed by atoms with E-state index in [0.717, 1.165) is 18.4 Å². The van der Waals surface area contributed by atoms with Crippen LogP contribution in [0.25, 0.3) is 0 Å². The van der Waals surface area contributed by atoms with Crippen molar-refractivity contribution in [3.8, 4) is 0 Å². The molecule has 2 atom stereocenters. The number of rotatable bonds is 0. The van der Waals surface area contributed by atoms with Gasteiger partial charge in [-0.15, -0.1) is 0 Å². The summed E-state index contributed by atoms with van der Waals surface area (Å²) >= 11 is 0. The third-order valence-corrected chi connectivity index (χ3v) is 3.91. The number of nitrogens with zero attached hydrogens (tertiary/aromatic N) is 1. The lowest BCUT2D eigenvalue weighted by molar-refractivity contribution is -0.137. The SMILES string of the molecule is NC1CCC2Cc3cccc(C(F)(F)F)c3N2C1. The van der Waals surface area contributed by atoms with Crippen LogP contribution in [0.15, 0.2) is 18.2 Å². The molecule has 5 heteroatoms. The van der Waals surface area contributed by atoms with Gasteiger partial charge in [0.2, 0.25) is 0 Å². The van der Waals surface area contributed by atoms with Crippen molar-refractivity contribution in [3.05, 3.63) is 29.3 Å². The van der Waals surface area contributed by atoms with E-state index in [1.807, 2.05) is 4.90 Å². The molecule has 1 aromatic carbocycles. The van der Waals surface area contributed by atoms with Crippen molar-refractivity contribution >= 4 is 5.69 Å². The van der Waals surface area contributed by atoms with Crippen LogP contribution in [0.5, 0.6) is 0 Å². The molecule has 1 aromatic rings. The van der Waals surface area contributed by atoms with Crippen molar-refractivity contribution in [2.75, 3.05) is 11.4 Å². The Morgan fingerprint density at radius 2 is 2.00 bits per heavy atom. The van der Waals surface area contributed by atoms with Gasteiger partial charge < -0.3 is 10.6 Å². The van der Waals surface area contributed by atoms with Crippen molar-refractivity contribution in [2.24, 2.45) is 5.73 Å². The summed E-state index contributed by atoms with van der Waals surface area (Å²) in [5, 5.41) is 0. The predicted octanol–water partition coefficient (Wildman–Crippen LogP) is 2.56. The van der Waals surface area contributed by atoms with E-state index in [2.05, 4.69) is 0 Å². The summed E-state index contributed by atoms with van der Waals surface area (Å²) in [6, 6.07) is 4.65. The Bertz CT molecular complexity index is 470. The number of alkyl halides is 3.